The molecular formula is C17H15NS. The maximum absolute atomic E-state index is 4.47. The minimum absolute atomic E-state index is 1.02. The molecule has 0 saturated heterocycles. The van der Waals surface area contributed by atoms with Crippen molar-refractivity contribution in [2.45, 2.75) is 13.8 Å². The van der Waals surface area contributed by atoms with Gasteiger partial charge in [-0.15, -0.1) is 11.3 Å². The van der Waals surface area contributed by atoms with Gasteiger partial charge in [-0.1, -0.05) is 36.9 Å². The van der Waals surface area contributed by atoms with Crippen molar-refractivity contribution >= 4 is 27.0 Å². The van der Waals surface area contributed by atoms with E-state index in [-0.39, 0.29) is 0 Å². The van der Waals surface area contributed by atoms with Crippen LogP contribution in [-0.4, -0.2) is 4.98 Å². The zero-order valence-corrected chi connectivity index (χ0v) is 11.9. The van der Waals surface area contributed by atoms with Gasteiger partial charge in [0.2, 0.25) is 0 Å². The number of fused-ring (bicyclic) bond motifs is 1. The molecule has 0 unspecified atom stereocenters. The summed E-state index contributed by atoms with van der Waals surface area (Å²) in [6.07, 6.45) is 1.88. The topological polar surface area (TPSA) is 12.9 Å². The van der Waals surface area contributed by atoms with Crippen LogP contribution in [0.25, 0.3) is 26.1 Å². The van der Waals surface area contributed by atoms with Crippen LogP contribution in [0.4, 0.5) is 0 Å². The van der Waals surface area contributed by atoms with Gasteiger partial charge in [-0.05, 0) is 42.0 Å². The first kappa shape index (κ1) is 12.1. The highest BCUT2D eigenvalue weighted by molar-refractivity contribution is 7.22. The van der Waals surface area contributed by atoms with Crippen LogP contribution >= 0.6 is 11.3 Å². The van der Waals surface area contributed by atoms with E-state index in [4.69, 9.17) is 0 Å². The molecule has 0 bridgehead atoms. The third-order valence-corrected chi connectivity index (χ3v) is 4.66. The van der Waals surface area contributed by atoms with Crippen molar-refractivity contribution in [2.24, 2.45) is 0 Å². The lowest BCUT2D eigenvalue weighted by atomic mass is 10.1. The van der Waals surface area contributed by atoms with Crippen LogP contribution in [0, 0.1) is 6.92 Å². The average Bonchev–Trinajstić information content (AvgIpc) is 2.77. The Morgan fingerprint density at radius 1 is 1.16 bits per heavy atom. The smallest absolute Gasteiger partial charge is 0.0831 e. The van der Waals surface area contributed by atoms with Crippen molar-refractivity contribution in [3.63, 3.8) is 0 Å². The number of allylic oxidation sites excluding steroid dienone is 1. The number of aromatic nitrogens is 1. The van der Waals surface area contributed by atoms with Gasteiger partial charge in [0, 0.05) is 11.1 Å². The number of benzene rings is 1. The number of thiophene rings is 1. The number of pyridine rings is 1. The highest BCUT2D eigenvalue weighted by Gasteiger charge is 2.13. The van der Waals surface area contributed by atoms with E-state index in [1.54, 1.807) is 0 Å². The normalized spacial score (nSPS) is 10.8. The van der Waals surface area contributed by atoms with Crippen molar-refractivity contribution in [3.8, 4) is 10.4 Å². The summed E-state index contributed by atoms with van der Waals surface area (Å²) in [5.74, 6) is 0. The molecule has 2 heteroatoms. The zero-order chi connectivity index (χ0) is 13.4. The first-order valence-corrected chi connectivity index (χ1v) is 7.09. The molecule has 1 aromatic carbocycles. The summed E-state index contributed by atoms with van der Waals surface area (Å²) in [6.45, 7) is 8.23. The number of nitrogens with zero attached hydrogens (tertiary/aromatic N) is 1. The van der Waals surface area contributed by atoms with Crippen molar-refractivity contribution in [2.75, 3.05) is 0 Å². The van der Waals surface area contributed by atoms with Crippen LogP contribution in [-0.2, 0) is 0 Å². The van der Waals surface area contributed by atoms with Crippen molar-refractivity contribution in [1.82, 2.24) is 4.98 Å². The second kappa shape index (κ2) is 4.63. The summed E-state index contributed by atoms with van der Waals surface area (Å²) in [6, 6.07) is 12.6. The standard InChI is InChI=1S/C17H15NS/c1-11(2)15-17-14(9-10-18-15)12(3)16(19-17)13-7-5-4-6-8-13/h4-10H,1H2,2-3H3. The second-order valence-electron chi connectivity index (χ2n) is 4.74. The SMILES string of the molecule is C=C(C)c1nccc2c(C)c(-c3ccccc3)sc12. The fourth-order valence-electron chi connectivity index (χ4n) is 2.32. The van der Waals surface area contributed by atoms with Crippen LogP contribution in [0.15, 0.2) is 49.2 Å². The van der Waals surface area contributed by atoms with Crippen molar-refractivity contribution < 1.29 is 0 Å². The molecule has 0 fully saturated rings. The third kappa shape index (κ3) is 1.98. The van der Waals surface area contributed by atoms with Crippen LogP contribution in [0.3, 0.4) is 0 Å². The first-order chi connectivity index (χ1) is 9.18. The minimum Gasteiger partial charge on any atom is -0.255 e. The number of hydrogen-bond donors (Lipinski definition) is 0. The monoisotopic (exact) mass is 265 g/mol. The quantitative estimate of drug-likeness (QED) is 0.612. The molecule has 3 rings (SSSR count). The highest BCUT2D eigenvalue weighted by atomic mass is 32.1. The van der Waals surface area contributed by atoms with Crippen LogP contribution < -0.4 is 0 Å². The van der Waals surface area contributed by atoms with Crippen LogP contribution in [0.5, 0.6) is 0 Å². The molecule has 3 aromatic rings. The Kier molecular flexibility index (Phi) is 2.96. The largest absolute Gasteiger partial charge is 0.255 e. The fourth-order valence-corrected chi connectivity index (χ4v) is 3.69. The molecule has 0 aliphatic carbocycles. The Morgan fingerprint density at radius 2 is 1.89 bits per heavy atom. The fraction of sp³-hybridized carbons (Fsp3) is 0.118. The van der Waals surface area contributed by atoms with Crippen molar-refractivity contribution in [3.05, 3.63) is 60.4 Å². The summed E-state index contributed by atoms with van der Waals surface area (Å²) in [4.78, 5) is 5.79. The number of aryl methyl sites for hydroxylation is 1. The molecule has 94 valence electrons. The van der Waals surface area contributed by atoms with Gasteiger partial charge in [0.1, 0.15) is 0 Å². The summed E-state index contributed by atoms with van der Waals surface area (Å²) < 4.78 is 1.24. The van der Waals surface area contributed by atoms with E-state index >= 15 is 0 Å². The van der Waals surface area contributed by atoms with E-state index < -0.39 is 0 Å². The molecule has 2 heterocycles. The molecule has 0 saturated carbocycles. The minimum atomic E-state index is 1.02. The predicted octanol–water partition coefficient (Wildman–Crippen LogP) is 5.30. The van der Waals surface area contributed by atoms with Crippen LogP contribution in [0.1, 0.15) is 18.2 Å². The van der Waals surface area contributed by atoms with Gasteiger partial charge in [-0.2, -0.15) is 0 Å². The molecule has 0 aliphatic rings. The lowest BCUT2D eigenvalue weighted by molar-refractivity contribution is 1.31. The molecule has 0 radical (unpaired) electrons. The van der Waals surface area contributed by atoms with E-state index in [0.29, 0.717) is 0 Å². The third-order valence-electron chi connectivity index (χ3n) is 3.29. The molecule has 0 spiro atoms. The molecule has 19 heavy (non-hydrogen) atoms. The van der Waals surface area contributed by atoms with E-state index in [0.717, 1.165) is 11.3 Å². The van der Waals surface area contributed by atoms with Crippen LogP contribution in [0.2, 0.25) is 0 Å². The van der Waals surface area contributed by atoms with Gasteiger partial charge in [0.05, 0.1) is 10.4 Å². The predicted molar refractivity (Wildman–Crippen MR) is 84.5 cm³/mol. The number of hydrogen-bond acceptors (Lipinski definition) is 2. The van der Waals surface area contributed by atoms with E-state index in [1.165, 1.54) is 26.1 Å². The molecule has 0 aliphatic heterocycles. The lowest BCUT2D eigenvalue weighted by Gasteiger charge is -1.99. The average molecular weight is 265 g/mol. The Labute approximate surface area is 117 Å². The van der Waals surface area contributed by atoms with Gasteiger partial charge < -0.3 is 0 Å². The summed E-state index contributed by atoms with van der Waals surface area (Å²) >= 11 is 1.81. The van der Waals surface area contributed by atoms with Gasteiger partial charge in [-0.3, -0.25) is 4.98 Å². The van der Waals surface area contributed by atoms with E-state index in [2.05, 4.69) is 48.8 Å². The summed E-state index contributed by atoms with van der Waals surface area (Å²) in [5.41, 5.74) is 4.64. The number of rotatable bonds is 2. The van der Waals surface area contributed by atoms with E-state index in [9.17, 15) is 0 Å². The first-order valence-electron chi connectivity index (χ1n) is 6.28. The van der Waals surface area contributed by atoms with Crippen molar-refractivity contribution in [1.29, 1.82) is 0 Å². The Bertz CT molecular complexity index is 754. The lowest BCUT2D eigenvalue weighted by Crippen LogP contribution is -1.83. The zero-order valence-electron chi connectivity index (χ0n) is 11.1. The van der Waals surface area contributed by atoms with Gasteiger partial charge in [-0.25, -0.2) is 0 Å². The van der Waals surface area contributed by atoms with E-state index in [1.807, 2.05) is 30.5 Å². The molecule has 0 N–H and O–H groups in total. The van der Waals surface area contributed by atoms with Gasteiger partial charge >= 0.3 is 0 Å². The molecule has 1 nitrogen and oxygen atoms in total. The maximum atomic E-state index is 4.47. The highest BCUT2D eigenvalue weighted by Crippen LogP contribution is 2.40. The second-order valence-corrected chi connectivity index (χ2v) is 5.76. The maximum Gasteiger partial charge on any atom is 0.0831 e. The summed E-state index contributed by atoms with van der Waals surface area (Å²) in [7, 11) is 0. The van der Waals surface area contributed by atoms with Gasteiger partial charge in [0.25, 0.3) is 0 Å². The molecule has 0 atom stereocenters. The van der Waals surface area contributed by atoms with Gasteiger partial charge in [0.15, 0.2) is 0 Å². The molecule has 0 amide bonds. The Morgan fingerprint density at radius 3 is 2.58 bits per heavy atom. The Balaban J connectivity index is 2.32. The molecular weight excluding hydrogens is 250 g/mol. The Hall–Kier alpha value is -1.93. The summed E-state index contributed by atoms with van der Waals surface area (Å²) in [5, 5.41) is 1.29. The molecule has 2 aromatic heterocycles.